The van der Waals surface area contributed by atoms with Gasteiger partial charge in [-0.2, -0.15) is 0 Å². The molecule has 2 atom stereocenters. The van der Waals surface area contributed by atoms with Crippen LogP contribution < -0.4 is 0 Å². The molecule has 88 valence electrons. The van der Waals surface area contributed by atoms with Crippen molar-refractivity contribution in [2.45, 2.75) is 16.3 Å². The van der Waals surface area contributed by atoms with Crippen LogP contribution in [0, 0.1) is 0 Å². The van der Waals surface area contributed by atoms with Crippen molar-refractivity contribution >= 4 is 45.1 Å². The van der Waals surface area contributed by atoms with Gasteiger partial charge in [0.15, 0.2) is 0 Å². The third-order valence-electron chi connectivity index (χ3n) is 1.82. The van der Waals surface area contributed by atoms with Crippen LogP contribution in [0.4, 0.5) is 0 Å². The Morgan fingerprint density at radius 2 is 2.00 bits per heavy atom. The molecule has 0 fully saturated rings. The zero-order chi connectivity index (χ0) is 11.6. The SMILES string of the molecule is C=CC1CC=CSS1.C=CC1SC=CCS1. The maximum absolute atomic E-state index is 3.72. The summed E-state index contributed by atoms with van der Waals surface area (Å²) in [7, 11) is 3.67. The summed E-state index contributed by atoms with van der Waals surface area (Å²) >= 11 is 3.75. The molecule has 4 heteroatoms. The van der Waals surface area contributed by atoms with E-state index in [1.165, 1.54) is 0 Å². The van der Waals surface area contributed by atoms with E-state index in [2.05, 4.69) is 36.1 Å². The van der Waals surface area contributed by atoms with Gasteiger partial charge in [0.05, 0.1) is 4.58 Å². The lowest BCUT2D eigenvalue weighted by molar-refractivity contribution is 1.08. The van der Waals surface area contributed by atoms with Crippen LogP contribution in [0.1, 0.15) is 6.42 Å². The van der Waals surface area contributed by atoms with E-state index in [0.29, 0.717) is 9.83 Å². The highest BCUT2D eigenvalue weighted by Crippen LogP contribution is 2.34. The van der Waals surface area contributed by atoms with Crippen molar-refractivity contribution in [3.8, 4) is 0 Å². The minimum absolute atomic E-state index is 0.597. The highest BCUT2D eigenvalue weighted by molar-refractivity contribution is 8.78. The summed E-state index contributed by atoms with van der Waals surface area (Å²) in [5, 5.41) is 4.91. The van der Waals surface area contributed by atoms with Crippen LogP contribution in [0.5, 0.6) is 0 Å². The molecule has 0 bridgehead atoms. The predicted molar refractivity (Wildman–Crippen MR) is 86.1 cm³/mol. The average molecular weight is 289 g/mol. The summed E-state index contributed by atoms with van der Waals surface area (Å²) in [6.07, 6.45) is 9.50. The van der Waals surface area contributed by atoms with E-state index in [4.69, 9.17) is 0 Å². The highest BCUT2D eigenvalue weighted by Gasteiger charge is 2.04. The topological polar surface area (TPSA) is 0 Å². The lowest BCUT2D eigenvalue weighted by Crippen LogP contribution is -1.94. The highest BCUT2D eigenvalue weighted by atomic mass is 33.1. The Kier molecular flexibility index (Phi) is 8.47. The van der Waals surface area contributed by atoms with Gasteiger partial charge in [-0.25, -0.2) is 0 Å². The normalized spacial score (nSPS) is 27.8. The van der Waals surface area contributed by atoms with Crippen LogP contribution in [-0.4, -0.2) is 15.6 Å². The molecular formula is C12H16S4. The molecular weight excluding hydrogens is 272 g/mol. The van der Waals surface area contributed by atoms with Crippen molar-refractivity contribution in [2.75, 3.05) is 5.75 Å². The van der Waals surface area contributed by atoms with Crippen LogP contribution in [0.25, 0.3) is 0 Å². The maximum atomic E-state index is 3.72. The van der Waals surface area contributed by atoms with Crippen LogP contribution in [0.3, 0.4) is 0 Å². The smallest absolute Gasteiger partial charge is 0.0723 e. The average Bonchev–Trinajstić information content (AvgIpc) is 2.41. The lowest BCUT2D eigenvalue weighted by atomic mass is 10.3. The van der Waals surface area contributed by atoms with Crippen LogP contribution >= 0.6 is 45.1 Å². The molecule has 0 aliphatic carbocycles. The number of thioether (sulfide) groups is 2. The zero-order valence-electron chi connectivity index (χ0n) is 9.08. The first-order valence-electron chi connectivity index (χ1n) is 5.01. The molecule has 0 N–H and O–H groups in total. The van der Waals surface area contributed by atoms with Crippen molar-refractivity contribution in [1.29, 1.82) is 0 Å². The summed E-state index contributed by atoms with van der Waals surface area (Å²) in [6, 6.07) is 0. The monoisotopic (exact) mass is 288 g/mol. The van der Waals surface area contributed by atoms with Crippen LogP contribution in [0.2, 0.25) is 0 Å². The van der Waals surface area contributed by atoms with Gasteiger partial charge in [-0.1, -0.05) is 45.9 Å². The molecule has 0 spiro atoms. The Morgan fingerprint density at radius 3 is 2.38 bits per heavy atom. The molecule has 0 saturated carbocycles. The number of allylic oxidation sites excluding steroid dienone is 1. The molecule has 2 heterocycles. The number of rotatable bonds is 2. The van der Waals surface area contributed by atoms with Crippen LogP contribution in [0.15, 0.2) is 48.3 Å². The van der Waals surface area contributed by atoms with Gasteiger partial charge in [-0.05, 0) is 17.2 Å². The van der Waals surface area contributed by atoms with E-state index in [0.717, 1.165) is 12.2 Å². The van der Waals surface area contributed by atoms with E-state index < -0.39 is 0 Å². The summed E-state index contributed by atoms with van der Waals surface area (Å²) in [5.74, 6) is 1.14. The molecule has 2 rings (SSSR count). The van der Waals surface area contributed by atoms with E-state index in [1.54, 1.807) is 10.8 Å². The first kappa shape index (κ1) is 14.4. The molecule has 2 unspecified atom stereocenters. The number of hydrogen-bond donors (Lipinski definition) is 0. The third kappa shape index (κ3) is 6.18. The Hall–Kier alpha value is 0.360. The minimum atomic E-state index is 0.597. The second-order valence-electron chi connectivity index (χ2n) is 3.02. The molecule has 0 saturated heterocycles. The fraction of sp³-hybridized carbons (Fsp3) is 0.333. The quantitative estimate of drug-likeness (QED) is 0.497. The summed E-state index contributed by atoms with van der Waals surface area (Å²) in [5.41, 5.74) is 0. The van der Waals surface area contributed by atoms with Gasteiger partial charge in [0.2, 0.25) is 0 Å². The van der Waals surface area contributed by atoms with E-state index in [1.807, 2.05) is 46.5 Å². The zero-order valence-corrected chi connectivity index (χ0v) is 12.3. The van der Waals surface area contributed by atoms with Gasteiger partial charge in [0.1, 0.15) is 0 Å². The van der Waals surface area contributed by atoms with Crippen molar-refractivity contribution < 1.29 is 0 Å². The van der Waals surface area contributed by atoms with E-state index >= 15 is 0 Å². The maximum Gasteiger partial charge on any atom is 0.0723 e. The third-order valence-corrected chi connectivity index (χ3v) is 6.73. The molecule has 0 aromatic heterocycles. The first-order valence-corrected chi connectivity index (χ1v) is 9.28. The van der Waals surface area contributed by atoms with Crippen molar-refractivity contribution in [3.63, 3.8) is 0 Å². The van der Waals surface area contributed by atoms with Crippen molar-refractivity contribution in [1.82, 2.24) is 0 Å². The molecule has 0 radical (unpaired) electrons. The van der Waals surface area contributed by atoms with Gasteiger partial charge in [-0.3, -0.25) is 0 Å². The molecule has 2 aliphatic heterocycles. The Morgan fingerprint density at radius 1 is 1.12 bits per heavy atom. The Balaban J connectivity index is 0.000000160. The van der Waals surface area contributed by atoms with Gasteiger partial charge < -0.3 is 0 Å². The molecule has 0 aromatic carbocycles. The molecule has 0 aromatic rings. The Bertz CT molecular complexity index is 242. The largest absolute Gasteiger partial charge is 0.139 e. The number of hydrogen-bond acceptors (Lipinski definition) is 4. The van der Waals surface area contributed by atoms with Gasteiger partial charge in [0.25, 0.3) is 0 Å². The molecule has 16 heavy (non-hydrogen) atoms. The standard InChI is InChI=1S/2C6H8S2/c1-2-6-7-4-3-5-8-6;1-2-6-4-3-5-7-8-6/h2-4,6H,1,5H2;2-3,5-6H,1,4H2. The minimum Gasteiger partial charge on any atom is -0.139 e. The van der Waals surface area contributed by atoms with Crippen molar-refractivity contribution in [3.05, 3.63) is 48.3 Å². The van der Waals surface area contributed by atoms with Crippen molar-refractivity contribution in [2.24, 2.45) is 0 Å². The summed E-state index contributed by atoms with van der Waals surface area (Å²) < 4.78 is 0.597. The van der Waals surface area contributed by atoms with Gasteiger partial charge >= 0.3 is 0 Å². The summed E-state index contributed by atoms with van der Waals surface area (Å²) in [6.45, 7) is 7.43. The molecule has 0 amide bonds. The second kappa shape index (κ2) is 9.40. The molecule has 0 nitrogen and oxygen atoms in total. The molecule has 2 aliphatic rings. The first-order chi connectivity index (χ1) is 7.86. The van der Waals surface area contributed by atoms with Gasteiger partial charge in [0, 0.05) is 11.0 Å². The second-order valence-corrected chi connectivity index (χ2v) is 7.96. The lowest BCUT2D eigenvalue weighted by Gasteiger charge is -2.10. The van der Waals surface area contributed by atoms with Gasteiger partial charge in [-0.15, -0.1) is 36.7 Å². The van der Waals surface area contributed by atoms with E-state index in [9.17, 15) is 0 Å². The summed E-state index contributed by atoms with van der Waals surface area (Å²) in [4.78, 5) is 0. The Labute approximate surface area is 115 Å². The van der Waals surface area contributed by atoms with Crippen LogP contribution in [-0.2, 0) is 0 Å². The predicted octanol–water partition coefficient (Wildman–Crippen LogP) is 5.33. The fourth-order valence-corrected chi connectivity index (χ4v) is 4.86. The fourth-order valence-electron chi connectivity index (χ4n) is 0.993. The van der Waals surface area contributed by atoms with E-state index in [-0.39, 0.29) is 0 Å².